The van der Waals surface area contributed by atoms with Gasteiger partial charge in [0.15, 0.2) is 5.69 Å². The highest BCUT2D eigenvalue weighted by molar-refractivity contribution is 5.98. The minimum atomic E-state index is -0.392. The van der Waals surface area contributed by atoms with E-state index in [0.717, 1.165) is 49.7 Å². The topological polar surface area (TPSA) is 61.5 Å². The Kier molecular flexibility index (Phi) is 5.39. The molecule has 4 rings (SSSR count). The second-order valence-corrected chi connectivity index (χ2v) is 6.90. The van der Waals surface area contributed by atoms with Crippen molar-refractivity contribution >= 4 is 11.7 Å². The van der Waals surface area contributed by atoms with Gasteiger partial charge in [0.05, 0.1) is 12.8 Å². The van der Waals surface area contributed by atoms with Crippen LogP contribution in [0.15, 0.2) is 60.7 Å². The van der Waals surface area contributed by atoms with Gasteiger partial charge in [-0.25, -0.2) is 4.79 Å². The summed E-state index contributed by atoms with van der Waals surface area (Å²) in [7, 11) is 1.40. The van der Waals surface area contributed by atoms with Crippen LogP contribution in [0.2, 0.25) is 0 Å². The molecule has 0 bridgehead atoms. The molecule has 0 amide bonds. The smallest absolute Gasteiger partial charge is 0.358 e. The largest absolute Gasteiger partial charge is 0.464 e. The summed E-state index contributed by atoms with van der Waals surface area (Å²) in [4.78, 5) is 17.0. The summed E-state index contributed by atoms with van der Waals surface area (Å²) in [5.74, 6) is -0.392. The minimum absolute atomic E-state index is 0.392. The molecule has 6 heteroatoms. The first-order chi connectivity index (χ1) is 13.8. The van der Waals surface area contributed by atoms with Gasteiger partial charge in [0.1, 0.15) is 5.69 Å². The molecule has 1 saturated heterocycles. The maximum Gasteiger partial charge on any atom is 0.358 e. The number of nitrogens with one attached hydrogen (secondary N) is 1. The number of rotatable bonds is 5. The zero-order valence-electron chi connectivity index (χ0n) is 16.0. The number of H-pyrrole nitrogens is 1. The fraction of sp³-hybridized carbons (Fsp3) is 0.273. The third-order valence-corrected chi connectivity index (χ3v) is 5.11. The van der Waals surface area contributed by atoms with E-state index in [1.54, 1.807) is 0 Å². The minimum Gasteiger partial charge on any atom is -0.464 e. The van der Waals surface area contributed by atoms with E-state index in [-0.39, 0.29) is 0 Å². The molecule has 1 aliphatic rings. The maximum atomic E-state index is 12.3. The predicted molar refractivity (Wildman–Crippen MR) is 109 cm³/mol. The van der Waals surface area contributed by atoms with Crippen LogP contribution in [-0.4, -0.2) is 54.4 Å². The molecule has 0 unspecified atom stereocenters. The molecular weight excluding hydrogens is 352 g/mol. The first-order valence-electron chi connectivity index (χ1n) is 9.49. The molecule has 0 spiro atoms. The average molecular weight is 376 g/mol. The number of benzene rings is 2. The van der Waals surface area contributed by atoms with Crippen molar-refractivity contribution in [3.05, 3.63) is 71.9 Å². The van der Waals surface area contributed by atoms with Crippen LogP contribution in [0.1, 0.15) is 16.1 Å². The van der Waals surface area contributed by atoms with Crippen LogP contribution in [0.4, 0.5) is 5.69 Å². The molecule has 0 saturated carbocycles. The molecule has 144 valence electrons. The van der Waals surface area contributed by atoms with Gasteiger partial charge in [-0.3, -0.25) is 10.00 Å². The highest BCUT2D eigenvalue weighted by Gasteiger charge is 2.28. The fourth-order valence-electron chi connectivity index (χ4n) is 3.66. The number of hydrogen-bond donors (Lipinski definition) is 1. The molecule has 2 aromatic carbocycles. The van der Waals surface area contributed by atoms with E-state index in [1.807, 2.05) is 36.4 Å². The van der Waals surface area contributed by atoms with Gasteiger partial charge in [-0.2, -0.15) is 5.10 Å². The van der Waals surface area contributed by atoms with Gasteiger partial charge in [0, 0.05) is 38.3 Å². The van der Waals surface area contributed by atoms with Crippen LogP contribution >= 0.6 is 0 Å². The van der Waals surface area contributed by atoms with E-state index in [0.29, 0.717) is 5.69 Å². The summed E-state index contributed by atoms with van der Waals surface area (Å²) in [5.41, 5.74) is 4.34. The third-order valence-electron chi connectivity index (χ3n) is 5.11. The number of hydrogen-bond acceptors (Lipinski definition) is 5. The van der Waals surface area contributed by atoms with Crippen LogP contribution in [0.3, 0.4) is 0 Å². The molecule has 28 heavy (non-hydrogen) atoms. The van der Waals surface area contributed by atoms with E-state index in [1.165, 1.54) is 12.7 Å². The van der Waals surface area contributed by atoms with Gasteiger partial charge < -0.3 is 9.64 Å². The van der Waals surface area contributed by atoms with Gasteiger partial charge in [0.25, 0.3) is 0 Å². The van der Waals surface area contributed by atoms with Crippen molar-refractivity contribution < 1.29 is 9.53 Å². The Hall–Kier alpha value is -3.12. The Labute approximate surface area is 164 Å². The fourth-order valence-corrected chi connectivity index (χ4v) is 3.66. The van der Waals surface area contributed by atoms with Crippen molar-refractivity contribution in [2.75, 3.05) is 38.2 Å². The number of aromatic nitrogens is 2. The number of methoxy groups -OCH3 is 1. The average Bonchev–Trinajstić information content (AvgIpc) is 3.20. The van der Waals surface area contributed by atoms with E-state index in [2.05, 4.69) is 44.3 Å². The van der Waals surface area contributed by atoms with E-state index < -0.39 is 5.97 Å². The second-order valence-electron chi connectivity index (χ2n) is 6.90. The van der Waals surface area contributed by atoms with E-state index in [4.69, 9.17) is 4.74 Å². The van der Waals surface area contributed by atoms with Crippen molar-refractivity contribution in [3.8, 4) is 11.3 Å². The van der Waals surface area contributed by atoms with Crippen LogP contribution in [0, 0.1) is 0 Å². The number of piperazine rings is 1. The van der Waals surface area contributed by atoms with Crippen molar-refractivity contribution in [1.29, 1.82) is 0 Å². The molecule has 0 aliphatic carbocycles. The summed E-state index contributed by atoms with van der Waals surface area (Å²) < 4.78 is 4.97. The lowest BCUT2D eigenvalue weighted by molar-refractivity contribution is 0.0594. The van der Waals surface area contributed by atoms with Gasteiger partial charge in [0.2, 0.25) is 0 Å². The third kappa shape index (κ3) is 3.77. The van der Waals surface area contributed by atoms with Crippen molar-refractivity contribution in [2.45, 2.75) is 6.54 Å². The lowest BCUT2D eigenvalue weighted by atomic mass is 10.1. The van der Waals surface area contributed by atoms with E-state index >= 15 is 0 Å². The molecular formula is C22H24N4O2. The number of aromatic amines is 1. The summed E-state index contributed by atoms with van der Waals surface area (Å²) in [5, 5.41) is 7.33. The standard InChI is InChI=1S/C22H24N4O2/c1-28-22(27)20-21(19(23-24-20)18-10-6-3-7-11-18)26-14-12-25(13-15-26)16-17-8-4-2-5-9-17/h2-11H,12-16H2,1H3,(H,23,24). The number of carbonyl (C=O) groups is 1. The van der Waals surface area contributed by atoms with Gasteiger partial charge in [-0.15, -0.1) is 0 Å². The normalized spacial score (nSPS) is 14.8. The van der Waals surface area contributed by atoms with Crippen molar-refractivity contribution in [2.24, 2.45) is 0 Å². The number of esters is 1. The van der Waals surface area contributed by atoms with Crippen LogP contribution in [0.25, 0.3) is 11.3 Å². The number of ether oxygens (including phenoxy) is 1. The van der Waals surface area contributed by atoms with Gasteiger partial charge in [-0.05, 0) is 5.56 Å². The number of anilines is 1. The Morgan fingerprint density at radius 3 is 2.29 bits per heavy atom. The van der Waals surface area contributed by atoms with Gasteiger partial charge >= 0.3 is 5.97 Å². The predicted octanol–water partition coefficient (Wildman–Crippen LogP) is 3.19. The van der Waals surface area contributed by atoms with Crippen molar-refractivity contribution in [3.63, 3.8) is 0 Å². The zero-order chi connectivity index (χ0) is 19.3. The molecule has 1 N–H and O–H groups in total. The zero-order valence-corrected chi connectivity index (χ0v) is 16.0. The van der Waals surface area contributed by atoms with Crippen LogP contribution < -0.4 is 4.90 Å². The van der Waals surface area contributed by atoms with Crippen LogP contribution in [-0.2, 0) is 11.3 Å². The SMILES string of the molecule is COC(=O)c1[nH]nc(-c2ccccc2)c1N1CCN(Cc2ccccc2)CC1. The molecule has 2 heterocycles. The Morgan fingerprint density at radius 2 is 1.64 bits per heavy atom. The monoisotopic (exact) mass is 376 g/mol. The molecule has 0 radical (unpaired) electrons. The maximum absolute atomic E-state index is 12.3. The number of carbonyl (C=O) groups excluding carboxylic acids is 1. The molecule has 0 atom stereocenters. The first-order valence-corrected chi connectivity index (χ1v) is 9.49. The van der Waals surface area contributed by atoms with E-state index in [9.17, 15) is 4.79 Å². The summed E-state index contributed by atoms with van der Waals surface area (Å²) in [6, 6.07) is 20.4. The molecule has 3 aromatic rings. The summed E-state index contributed by atoms with van der Waals surface area (Å²) in [6.07, 6.45) is 0. The van der Waals surface area contributed by atoms with Gasteiger partial charge in [-0.1, -0.05) is 60.7 Å². The van der Waals surface area contributed by atoms with Crippen molar-refractivity contribution in [1.82, 2.24) is 15.1 Å². The second kappa shape index (κ2) is 8.27. The molecule has 1 aliphatic heterocycles. The Morgan fingerprint density at radius 1 is 1.00 bits per heavy atom. The lowest BCUT2D eigenvalue weighted by Crippen LogP contribution is -2.46. The van der Waals surface area contributed by atoms with Crippen LogP contribution in [0.5, 0.6) is 0 Å². The highest BCUT2D eigenvalue weighted by Crippen LogP contribution is 2.33. The number of nitrogens with zero attached hydrogens (tertiary/aromatic N) is 3. The summed E-state index contributed by atoms with van der Waals surface area (Å²) >= 11 is 0. The molecule has 1 aromatic heterocycles. The Bertz CT molecular complexity index is 916. The highest BCUT2D eigenvalue weighted by atomic mass is 16.5. The lowest BCUT2D eigenvalue weighted by Gasteiger charge is -2.36. The molecule has 1 fully saturated rings. The first kappa shape index (κ1) is 18.3. The summed E-state index contributed by atoms with van der Waals surface area (Å²) in [6.45, 7) is 4.45. The quantitative estimate of drug-likeness (QED) is 0.693. The molecule has 6 nitrogen and oxygen atoms in total. The Balaban J connectivity index is 1.55.